The van der Waals surface area contributed by atoms with E-state index in [1.807, 2.05) is 28.8 Å². The van der Waals surface area contributed by atoms with E-state index in [2.05, 4.69) is 38.0 Å². The lowest BCUT2D eigenvalue weighted by molar-refractivity contribution is -0.113. The molecule has 0 saturated carbocycles. The highest BCUT2D eigenvalue weighted by Gasteiger charge is 2.15. The molecule has 0 atom stereocenters. The van der Waals surface area contributed by atoms with Crippen LogP contribution in [0.1, 0.15) is 0 Å². The van der Waals surface area contributed by atoms with Crippen LogP contribution in [-0.4, -0.2) is 26.4 Å². The molecule has 1 N–H and O–H groups in total. The number of carbonyl (C=O) groups is 1. The van der Waals surface area contributed by atoms with Gasteiger partial charge >= 0.3 is 0 Å². The Morgan fingerprint density at radius 1 is 1.26 bits per heavy atom. The van der Waals surface area contributed by atoms with E-state index in [1.54, 1.807) is 18.2 Å². The fraction of sp³-hybridized carbons (Fsp3) is 0.105. The van der Waals surface area contributed by atoms with Crippen molar-refractivity contribution in [1.29, 1.82) is 0 Å². The van der Waals surface area contributed by atoms with Crippen LogP contribution in [0, 0.1) is 5.82 Å². The van der Waals surface area contributed by atoms with Crippen LogP contribution in [0.25, 0.3) is 11.4 Å². The first kappa shape index (κ1) is 19.3. The van der Waals surface area contributed by atoms with E-state index in [-0.39, 0.29) is 11.7 Å². The van der Waals surface area contributed by atoms with Crippen molar-refractivity contribution >= 4 is 39.3 Å². The molecule has 138 valence electrons. The summed E-state index contributed by atoms with van der Waals surface area (Å²) in [5.74, 6) is 0.191. The summed E-state index contributed by atoms with van der Waals surface area (Å²) in [6.07, 6.45) is 1.75. The molecule has 1 amide bonds. The van der Waals surface area contributed by atoms with Gasteiger partial charge in [-0.3, -0.25) is 9.36 Å². The van der Waals surface area contributed by atoms with Crippen LogP contribution < -0.4 is 5.32 Å². The zero-order chi connectivity index (χ0) is 19.2. The van der Waals surface area contributed by atoms with Crippen LogP contribution in [0.2, 0.25) is 0 Å². The molecule has 0 spiro atoms. The molecule has 0 fully saturated rings. The second kappa shape index (κ2) is 8.96. The Morgan fingerprint density at radius 2 is 2.04 bits per heavy atom. The summed E-state index contributed by atoms with van der Waals surface area (Å²) >= 11 is 4.68. The fourth-order valence-corrected chi connectivity index (χ4v) is 3.41. The molecule has 1 heterocycles. The Labute approximate surface area is 168 Å². The Bertz CT molecular complexity index is 959. The Kier molecular flexibility index (Phi) is 6.41. The molecule has 0 aliphatic heterocycles. The number of hydrogen-bond acceptors (Lipinski definition) is 4. The minimum Gasteiger partial charge on any atom is -0.325 e. The SMILES string of the molecule is C=CCn1c(SCC(=O)Nc2cccc(F)c2)nnc1-c1ccc(Br)cc1. The van der Waals surface area contributed by atoms with Gasteiger partial charge in [0.05, 0.1) is 5.75 Å². The maximum absolute atomic E-state index is 13.2. The van der Waals surface area contributed by atoms with E-state index < -0.39 is 5.82 Å². The van der Waals surface area contributed by atoms with Crippen LogP contribution in [0.4, 0.5) is 10.1 Å². The predicted octanol–water partition coefficient (Wildman–Crippen LogP) is 4.76. The average Bonchev–Trinajstić information content (AvgIpc) is 3.04. The number of nitrogens with zero attached hydrogens (tertiary/aromatic N) is 3. The number of carbonyl (C=O) groups excluding carboxylic acids is 1. The van der Waals surface area contributed by atoms with E-state index in [1.165, 1.54) is 23.9 Å². The van der Waals surface area contributed by atoms with Crippen molar-refractivity contribution in [3.05, 3.63) is 71.5 Å². The van der Waals surface area contributed by atoms with Crippen LogP contribution in [0.3, 0.4) is 0 Å². The molecule has 0 unspecified atom stereocenters. The molecule has 8 heteroatoms. The third-order valence-electron chi connectivity index (χ3n) is 3.57. The third-order valence-corrected chi connectivity index (χ3v) is 5.07. The number of anilines is 1. The topological polar surface area (TPSA) is 59.8 Å². The number of allylic oxidation sites excluding steroid dienone is 1. The van der Waals surface area contributed by atoms with Crippen LogP contribution >= 0.6 is 27.7 Å². The molecular weight excluding hydrogens is 431 g/mol. The van der Waals surface area contributed by atoms with Crippen molar-refractivity contribution in [3.8, 4) is 11.4 Å². The van der Waals surface area contributed by atoms with Crippen molar-refractivity contribution in [2.75, 3.05) is 11.1 Å². The normalized spacial score (nSPS) is 10.6. The molecule has 0 radical (unpaired) electrons. The summed E-state index contributed by atoms with van der Waals surface area (Å²) < 4.78 is 16.1. The molecule has 2 aromatic carbocycles. The van der Waals surface area contributed by atoms with Gasteiger partial charge in [-0.15, -0.1) is 16.8 Å². The van der Waals surface area contributed by atoms with Crippen LogP contribution in [-0.2, 0) is 11.3 Å². The number of nitrogens with one attached hydrogen (secondary N) is 1. The number of rotatable bonds is 7. The molecule has 0 aliphatic rings. The predicted molar refractivity (Wildman–Crippen MR) is 109 cm³/mol. The van der Waals surface area contributed by atoms with Gasteiger partial charge in [-0.2, -0.15) is 0 Å². The van der Waals surface area contributed by atoms with Gasteiger partial charge in [-0.05, 0) is 30.3 Å². The van der Waals surface area contributed by atoms with E-state index in [0.29, 0.717) is 23.2 Å². The van der Waals surface area contributed by atoms with Gasteiger partial charge in [0.15, 0.2) is 11.0 Å². The number of amides is 1. The second-order valence-electron chi connectivity index (χ2n) is 5.56. The van der Waals surface area contributed by atoms with Gasteiger partial charge in [0, 0.05) is 22.3 Å². The minimum absolute atomic E-state index is 0.131. The van der Waals surface area contributed by atoms with Crippen molar-refractivity contribution in [2.45, 2.75) is 11.7 Å². The highest BCUT2D eigenvalue weighted by atomic mass is 79.9. The molecule has 1 aromatic heterocycles. The van der Waals surface area contributed by atoms with Gasteiger partial charge in [0.1, 0.15) is 5.82 Å². The molecule has 0 bridgehead atoms. The monoisotopic (exact) mass is 446 g/mol. The lowest BCUT2D eigenvalue weighted by atomic mass is 10.2. The average molecular weight is 447 g/mol. The molecule has 0 saturated heterocycles. The lowest BCUT2D eigenvalue weighted by Gasteiger charge is -2.08. The standard InChI is InChI=1S/C19H16BrFN4OS/c1-2-10-25-18(13-6-8-14(20)9-7-13)23-24-19(25)27-12-17(26)22-16-5-3-4-15(21)11-16/h2-9,11H,1,10,12H2,(H,22,26). The third kappa shape index (κ3) is 5.05. The van der Waals surface area contributed by atoms with Gasteiger partial charge < -0.3 is 5.32 Å². The highest BCUT2D eigenvalue weighted by Crippen LogP contribution is 2.25. The maximum atomic E-state index is 13.2. The summed E-state index contributed by atoms with van der Waals surface area (Å²) in [5.41, 5.74) is 1.34. The zero-order valence-electron chi connectivity index (χ0n) is 14.2. The molecular formula is C19H16BrFN4OS. The molecule has 5 nitrogen and oxygen atoms in total. The zero-order valence-corrected chi connectivity index (χ0v) is 16.6. The second-order valence-corrected chi connectivity index (χ2v) is 7.42. The number of thioether (sulfide) groups is 1. The number of hydrogen-bond donors (Lipinski definition) is 1. The van der Waals surface area contributed by atoms with Crippen molar-refractivity contribution in [1.82, 2.24) is 14.8 Å². The Morgan fingerprint density at radius 3 is 2.74 bits per heavy atom. The Balaban J connectivity index is 1.72. The van der Waals surface area contributed by atoms with Crippen molar-refractivity contribution in [2.24, 2.45) is 0 Å². The summed E-state index contributed by atoms with van der Waals surface area (Å²) in [6.45, 7) is 4.30. The van der Waals surface area contributed by atoms with Gasteiger partial charge in [-0.25, -0.2) is 4.39 Å². The van der Waals surface area contributed by atoms with E-state index in [0.717, 1.165) is 10.0 Å². The van der Waals surface area contributed by atoms with E-state index >= 15 is 0 Å². The first-order valence-corrected chi connectivity index (χ1v) is 9.83. The summed E-state index contributed by atoms with van der Waals surface area (Å²) in [5, 5.41) is 11.7. The largest absolute Gasteiger partial charge is 0.325 e. The summed E-state index contributed by atoms with van der Waals surface area (Å²) in [6, 6.07) is 13.5. The number of halogens is 2. The molecule has 3 rings (SSSR count). The maximum Gasteiger partial charge on any atom is 0.234 e. The van der Waals surface area contributed by atoms with Gasteiger partial charge in [-0.1, -0.05) is 52.0 Å². The molecule has 3 aromatic rings. The van der Waals surface area contributed by atoms with Gasteiger partial charge in [0.25, 0.3) is 0 Å². The van der Waals surface area contributed by atoms with Gasteiger partial charge in [0.2, 0.25) is 5.91 Å². The Hall–Kier alpha value is -2.45. The van der Waals surface area contributed by atoms with Crippen LogP contribution in [0.15, 0.2) is 70.8 Å². The quantitative estimate of drug-likeness (QED) is 0.419. The summed E-state index contributed by atoms with van der Waals surface area (Å²) in [4.78, 5) is 12.1. The first-order valence-electron chi connectivity index (χ1n) is 8.05. The van der Waals surface area contributed by atoms with Crippen LogP contribution in [0.5, 0.6) is 0 Å². The number of aromatic nitrogens is 3. The molecule has 0 aliphatic carbocycles. The lowest BCUT2D eigenvalue weighted by Crippen LogP contribution is -2.14. The minimum atomic E-state index is -0.398. The smallest absolute Gasteiger partial charge is 0.234 e. The van der Waals surface area contributed by atoms with Crippen molar-refractivity contribution in [3.63, 3.8) is 0 Å². The molecule has 27 heavy (non-hydrogen) atoms. The number of benzene rings is 2. The van der Waals surface area contributed by atoms with Crippen molar-refractivity contribution < 1.29 is 9.18 Å². The fourth-order valence-electron chi connectivity index (χ4n) is 2.40. The highest BCUT2D eigenvalue weighted by molar-refractivity contribution is 9.10. The summed E-state index contributed by atoms with van der Waals surface area (Å²) in [7, 11) is 0. The van der Waals surface area contributed by atoms with E-state index in [4.69, 9.17) is 0 Å². The first-order chi connectivity index (χ1) is 13.1. The van der Waals surface area contributed by atoms with E-state index in [9.17, 15) is 9.18 Å².